The maximum atomic E-state index is 5.82. The van der Waals surface area contributed by atoms with E-state index in [1.807, 2.05) is 0 Å². The van der Waals surface area contributed by atoms with Crippen molar-refractivity contribution in [2.75, 3.05) is 6.61 Å². The lowest BCUT2D eigenvalue weighted by Gasteiger charge is -2.29. The molecule has 2 aliphatic carbocycles. The molecule has 0 aromatic rings. The molecular formula is C23H40O. The van der Waals surface area contributed by atoms with E-state index >= 15 is 0 Å². The molecule has 1 saturated carbocycles. The van der Waals surface area contributed by atoms with E-state index in [0.717, 1.165) is 30.3 Å². The molecule has 3 atom stereocenters. The van der Waals surface area contributed by atoms with E-state index in [9.17, 15) is 0 Å². The Kier molecular flexibility index (Phi) is 7.25. The van der Waals surface area contributed by atoms with Crippen LogP contribution in [0.15, 0.2) is 11.6 Å². The molecule has 2 fully saturated rings. The largest absolute Gasteiger partial charge is 0.378 e. The van der Waals surface area contributed by atoms with Gasteiger partial charge in [-0.3, -0.25) is 0 Å². The van der Waals surface area contributed by atoms with Gasteiger partial charge in [0.1, 0.15) is 0 Å². The van der Waals surface area contributed by atoms with Gasteiger partial charge >= 0.3 is 0 Å². The van der Waals surface area contributed by atoms with Crippen LogP contribution in [0.2, 0.25) is 0 Å². The molecule has 0 aromatic heterocycles. The highest BCUT2D eigenvalue weighted by Crippen LogP contribution is 2.36. The summed E-state index contributed by atoms with van der Waals surface area (Å²) < 4.78 is 5.82. The average Bonchev–Trinajstić information content (AvgIpc) is 2.62. The molecule has 24 heavy (non-hydrogen) atoms. The first-order chi connectivity index (χ1) is 11.7. The Balaban J connectivity index is 1.29. The fraction of sp³-hybridized carbons (Fsp3) is 0.913. The van der Waals surface area contributed by atoms with Crippen LogP contribution < -0.4 is 0 Å². The van der Waals surface area contributed by atoms with Gasteiger partial charge in [-0.15, -0.1) is 0 Å². The van der Waals surface area contributed by atoms with Crippen molar-refractivity contribution < 1.29 is 4.74 Å². The summed E-state index contributed by atoms with van der Waals surface area (Å²) in [5, 5.41) is 0. The van der Waals surface area contributed by atoms with Gasteiger partial charge in [0.2, 0.25) is 0 Å². The van der Waals surface area contributed by atoms with E-state index in [1.54, 1.807) is 5.57 Å². The van der Waals surface area contributed by atoms with Gasteiger partial charge in [0.15, 0.2) is 0 Å². The zero-order valence-electron chi connectivity index (χ0n) is 16.3. The van der Waals surface area contributed by atoms with Gasteiger partial charge in [0.25, 0.3) is 0 Å². The number of hydrogen-bond donors (Lipinski definition) is 0. The lowest BCUT2D eigenvalue weighted by Crippen LogP contribution is -2.23. The molecule has 1 aliphatic heterocycles. The summed E-state index contributed by atoms with van der Waals surface area (Å²) in [5.74, 6) is 3.87. The first-order valence-corrected chi connectivity index (χ1v) is 11.0. The zero-order valence-corrected chi connectivity index (χ0v) is 16.3. The maximum Gasteiger partial charge on any atom is 0.0547 e. The fourth-order valence-electron chi connectivity index (χ4n) is 5.08. The summed E-state index contributed by atoms with van der Waals surface area (Å²) in [6.07, 6.45) is 21.7. The molecule has 1 heterocycles. The highest BCUT2D eigenvalue weighted by molar-refractivity contribution is 5.06. The van der Waals surface area contributed by atoms with Gasteiger partial charge in [-0.25, -0.2) is 0 Å². The minimum atomic E-state index is 0.503. The molecule has 3 unspecified atom stereocenters. The second kappa shape index (κ2) is 9.41. The Labute approximate surface area is 150 Å². The average molecular weight is 333 g/mol. The number of rotatable bonds is 6. The first kappa shape index (κ1) is 18.5. The summed E-state index contributed by atoms with van der Waals surface area (Å²) in [7, 11) is 0. The summed E-state index contributed by atoms with van der Waals surface area (Å²) in [6, 6.07) is 0. The number of hydrogen-bond acceptors (Lipinski definition) is 1. The minimum absolute atomic E-state index is 0.503. The molecule has 0 N–H and O–H groups in total. The topological polar surface area (TPSA) is 9.23 Å². The zero-order chi connectivity index (χ0) is 16.8. The second-order valence-corrected chi connectivity index (χ2v) is 9.33. The summed E-state index contributed by atoms with van der Waals surface area (Å²) in [5.41, 5.74) is 1.76. The van der Waals surface area contributed by atoms with Crippen LogP contribution in [-0.2, 0) is 4.74 Å². The van der Waals surface area contributed by atoms with Crippen molar-refractivity contribution in [2.45, 2.75) is 103 Å². The minimum Gasteiger partial charge on any atom is -0.378 e. The lowest BCUT2D eigenvalue weighted by molar-refractivity contribution is -0.00701. The van der Waals surface area contributed by atoms with Crippen LogP contribution in [0.3, 0.4) is 0 Å². The molecule has 138 valence electrons. The van der Waals surface area contributed by atoms with Crippen LogP contribution in [-0.4, -0.2) is 12.7 Å². The SMILES string of the molecule is CC1CCC(CCC2CC=C(CCC3CCC(C)OC3)CC2)CC1. The predicted molar refractivity (Wildman–Crippen MR) is 103 cm³/mol. The summed E-state index contributed by atoms with van der Waals surface area (Å²) in [4.78, 5) is 0. The van der Waals surface area contributed by atoms with Crippen LogP contribution >= 0.6 is 0 Å². The van der Waals surface area contributed by atoms with Crippen molar-refractivity contribution >= 4 is 0 Å². The summed E-state index contributed by atoms with van der Waals surface area (Å²) >= 11 is 0. The van der Waals surface area contributed by atoms with Crippen molar-refractivity contribution in [1.82, 2.24) is 0 Å². The lowest BCUT2D eigenvalue weighted by atomic mass is 9.77. The molecule has 3 rings (SSSR count). The second-order valence-electron chi connectivity index (χ2n) is 9.33. The smallest absolute Gasteiger partial charge is 0.0547 e. The normalized spacial score (nSPS) is 37.9. The molecule has 3 aliphatic rings. The van der Waals surface area contributed by atoms with Crippen LogP contribution in [0.25, 0.3) is 0 Å². The fourth-order valence-corrected chi connectivity index (χ4v) is 5.08. The Morgan fingerprint density at radius 1 is 0.833 bits per heavy atom. The molecule has 0 amide bonds. The van der Waals surface area contributed by atoms with Crippen molar-refractivity contribution in [2.24, 2.45) is 23.7 Å². The molecule has 1 saturated heterocycles. The molecule has 0 bridgehead atoms. The Morgan fingerprint density at radius 3 is 2.25 bits per heavy atom. The van der Waals surface area contributed by atoms with Crippen molar-refractivity contribution in [3.05, 3.63) is 11.6 Å². The third kappa shape index (κ3) is 5.90. The highest BCUT2D eigenvalue weighted by Gasteiger charge is 2.22. The Hall–Kier alpha value is -0.300. The van der Waals surface area contributed by atoms with Gasteiger partial charge in [0, 0.05) is 6.61 Å². The quantitative estimate of drug-likeness (QED) is 0.480. The van der Waals surface area contributed by atoms with E-state index in [-0.39, 0.29) is 0 Å². The van der Waals surface area contributed by atoms with Crippen LogP contribution in [0.5, 0.6) is 0 Å². The van der Waals surface area contributed by atoms with E-state index < -0.39 is 0 Å². The summed E-state index contributed by atoms with van der Waals surface area (Å²) in [6.45, 7) is 5.66. The first-order valence-electron chi connectivity index (χ1n) is 11.0. The Morgan fingerprint density at radius 2 is 1.58 bits per heavy atom. The monoisotopic (exact) mass is 332 g/mol. The van der Waals surface area contributed by atoms with E-state index in [2.05, 4.69) is 19.9 Å². The molecule has 0 radical (unpaired) electrons. The van der Waals surface area contributed by atoms with Gasteiger partial charge in [-0.05, 0) is 82.0 Å². The molecule has 1 nitrogen and oxygen atoms in total. The molecule has 0 spiro atoms. The predicted octanol–water partition coefficient (Wildman–Crippen LogP) is 6.91. The molecule has 1 heteroatoms. The molecular weight excluding hydrogens is 292 g/mol. The van der Waals surface area contributed by atoms with E-state index in [1.165, 1.54) is 83.5 Å². The van der Waals surface area contributed by atoms with Crippen LogP contribution in [0.4, 0.5) is 0 Å². The van der Waals surface area contributed by atoms with E-state index in [0.29, 0.717) is 6.10 Å². The third-order valence-electron chi connectivity index (χ3n) is 7.20. The van der Waals surface area contributed by atoms with Crippen LogP contribution in [0, 0.1) is 23.7 Å². The van der Waals surface area contributed by atoms with E-state index in [4.69, 9.17) is 4.74 Å². The van der Waals surface area contributed by atoms with Gasteiger partial charge in [-0.1, -0.05) is 50.7 Å². The number of ether oxygens (including phenoxy) is 1. The van der Waals surface area contributed by atoms with Gasteiger partial charge in [0.05, 0.1) is 6.10 Å². The number of allylic oxidation sites excluding steroid dienone is 2. The maximum absolute atomic E-state index is 5.82. The van der Waals surface area contributed by atoms with Crippen molar-refractivity contribution in [3.63, 3.8) is 0 Å². The highest BCUT2D eigenvalue weighted by atomic mass is 16.5. The molecule has 0 aromatic carbocycles. The standard InChI is InChI=1S/C23H40O/c1-18-3-6-20(7-4-18)9-10-21-11-13-22(14-12-21)15-16-23-8-5-19(2)24-17-23/h13,18-21,23H,3-12,14-17H2,1-2H3. The van der Waals surface area contributed by atoms with Crippen molar-refractivity contribution in [3.8, 4) is 0 Å². The van der Waals surface area contributed by atoms with Crippen LogP contribution in [0.1, 0.15) is 97.3 Å². The van der Waals surface area contributed by atoms with Gasteiger partial charge < -0.3 is 4.74 Å². The third-order valence-corrected chi connectivity index (χ3v) is 7.20. The van der Waals surface area contributed by atoms with Gasteiger partial charge in [-0.2, -0.15) is 0 Å². The van der Waals surface area contributed by atoms with Crippen molar-refractivity contribution in [1.29, 1.82) is 0 Å². The Bertz CT molecular complexity index is 383.